The lowest BCUT2D eigenvalue weighted by Gasteiger charge is -2.35. The Balaban J connectivity index is 1.80. The van der Waals surface area contributed by atoms with Crippen molar-refractivity contribution >= 4 is 29.4 Å². The van der Waals surface area contributed by atoms with E-state index in [2.05, 4.69) is 16.0 Å². The van der Waals surface area contributed by atoms with E-state index in [0.29, 0.717) is 24.2 Å². The molecule has 0 saturated carbocycles. The molecule has 0 radical (unpaired) electrons. The molecule has 12 heteroatoms. The quantitative estimate of drug-likeness (QED) is 0.299. The number of nitrogens with zero attached hydrogens (tertiary/aromatic N) is 1. The van der Waals surface area contributed by atoms with Crippen LogP contribution in [0.5, 0.6) is 0 Å². The van der Waals surface area contributed by atoms with Crippen molar-refractivity contribution in [1.29, 1.82) is 0 Å². The molecule has 0 fully saturated rings. The molecule has 2 aromatic carbocycles. The molecule has 0 aliphatic carbocycles. The van der Waals surface area contributed by atoms with Gasteiger partial charge in [-0.15, -0.1) is 0 Å². The smallest absolute Gasteiger partial charge is 0.418 e. The first-order valence-corrected chi connectivity index (χ1v) is 11.9. The highest BCUT2D eigenvalue weighted by Gasteiger charge is 2.36. The molecule has 2 aromatic rings. The lowest BCUT2D eigenvalue weighted by atomic mass is 9.94. The average molecular weight is 535 g/mol. The number of carbonyl (C=O) groups excluding carboxylic acids is 3. The zero-order valence-electron chi connectivity index (χ0n) is 21.1. The van der Waals surface area contributed by atoms with Crippen LogP contribution in [0.15, 0.2) is 59.8 Å². The lowest BCUT2D eigenvalue weighted by Crippen LogP contribution is -2.48. The van der Waals surface area contributed by atoms with Gasteiger partial charge in [-0.1, -0.05) is 31.2 Å². The molecular weight excluding hydrogens is 505 g/mol. The third kappa shape index (κ3) is 6.82. The molecule has 0 saturated heterocycles. The van der Waals surface area contributed by atoms with E-state index >= 15 is 0 Å². The van der Waals surface area contributed by atoms with E-state index in [-0.39, 0.29) is 36.2 Å². The van der Waals surface area contributed by atoms with Crippen LogP contribution in [0.3, 0.4) is 0 Å². The number of hydrogen-bond donors (Lipinski definition) is 3. The van der Waals surface area contributed by atoms with Crippen LogP contribution < -0.4 is 16.0 Å². The summed E-state index contributed by atoms with van der Waals surface area (Å²) in [6.45, 7) is 4.24. The van der Waals surface area contributed by atoms with E-state index in [9.17, 15) is 27.6 Å². The Hall–Kier alpha value is -4.06. The molecule has 1 aliphatic rings. The number of allylic oxidation sites excluding steroid dienone is 1. The number of esters is 1. The number of rotatable bonds is 9. The highest BCUT2D eigenvalue weighted by Crippen LogP contribution is 2.35. The van der Waals surface area contributed by atoms with Gasteiger partial charge in [0.15, 0.2) is 0 Å². The van der Waals surface area contributed by atoms with Crippen molar-refractivity contribution in [3.8, 4) is 0 Å². The van der Waals surface area contributed by atoms with Crippen molar-refractivity contribution in [2.75, 3.05) is 37.5 Å². The number of nitrogens with one attached hydrogen (secondary N) is 3. The Morgan fingerprint density at radius 1 is 1.05 bits per heavy atom. The van der Waals surface area contributed by atoms with Gasteiger partial charge in [-0.25, -0.2) is 14.4 Å². The van der Waals surface area contributed by atoms with Crippen molar-refractivity contribution in [2.24, 2.45) is 0 Å². The standard InChI is InChI=1S/C26H29F3N4O5/c1-4-13-33-16(2)21(23(34)38-15-14-37-3)22(32-25(33)36)17-9-11-18(12-10-17)30-24(35)31-20-8-6-5-7-19(20)26(27,28)29/h5-12,22H,4,13-15H2,1-3H3,(H,32,36)(H2,30,31,35). The number of benzene rings is 2. The summed E-state index contributed by atoms with van der Waals surface area (Å²) < 4.78 is 49.8. The third-order valence-corrected chi connectivity index (χ3v) is 5.77. The van der Waals surface area contributed by atoms with E-state index < -0.39 is 29.8 Å². The van der Waals surface area contributed by atoms with Crippen LogP contribution in [-0.2, 0) is 20.4 Å². The maximum absolute atomic E-state index is 13.2. The minimum absolute atomic E-state index is 0.0377. The second-order valence-electron chi connectivity index (χ2n) is 8.41. The highest BCUT2D eigenvalue weighted by molar-refractivity contribution is 6.00. The Morgan fingerprint density at radius 2 is 1.74 bits per heavy atom. The monoisotopic (exact) mass is 534 g/mol. The first-order valence-electron chi connectivity index (χ1n) is 11.9. The van der Waals surface area contributed by atoms with Crippen LogP contribution in [0.25, 0.3) is 0 Å². The second kappa shape index (κ2) is 12.5. The van der Waals surface area contributed by atoms with Gasteiger partial charge in [0.2, 0.25) is 0 Å². The Kier molecular flexibility index (Phi) is 9.35. The minimum atomic E-state index is -4.63. The number of carbonyl (C=O) groups is 3. The molecule has 0 bridgehead atoms. The van der Waals surface area contributed by atoms with Gasteiger partial charge in [0.1, 0.15) is 6.61 Å². The van der Waals surface area contributed by atoms with E-state index in [1.165, 1.54) is 36.3 Å². The number of urea groups is 2. The summed E-state index contributed by atoms with van der Waals surface area (Å²) in [7, 11) is 1.48. The van der Waals surface area contributed by atoms with Crippen LogP contribution >= 0.6 is 0 Å². The lowest BCUT2D eigenvalue weighted by molar-refractivity contribution is -0.141. The predicted octanol–water partition coefficient (Wildman–Crippen LogP) is 5.29. The Morgan fingerprint density at radius 3 is 2.37 bits per heavy atom. The minimum Gasteiger partial charge on any atom is -0.460 e. The third-order valence-electron chi connectivity index (χ3n) is 5.77. The van der Waals surface area contributed by atoms with E-state index in [1.54, 1.807) is 19.1 Å². The largest absolute Gasteiger partial charge is 0.460 e. The summed E-state index contributed by atoms with van der Waals surface area (Å²) in [4.78, 5) is 39.5. The molecule has 3 N–H and O–H groups in total. The number of methoxy groups -OCH3 is 1. The van der Waals surface area contributed by atoms with Crippen molar-refractivity contribution < 1.29 is 37.0 Å². The topological polar surface area (TPSA) is 109 Å². The fourth-order valence-electron chi connectivity index (χ4n) is 3.97. The number of halogens is 3. The molecule has 1 aliphatic heterocycles. The van der Waals surface area contributed by atoms with Gasteiger partial charge in [0, 0.05) is 25.0 Å². The molecule has 38 heavy (non-hydrogen) atoms. The molecule has 9 nitrogen and oxygen atoms in total. The first kappa shape index (κ1) is 28.5. The van der Waals surface area contributed by atoms with Gasteiger partial charge in [0.05, 0.1) is 29.5 Å². The van der Waals surface area contributed by atoms with Crippen molar-refractivity contribution in [3.63, 3.8) is 0 Å². The number of ether oxygens (including phenoxy) is 2. The fourth-order valence-corrected chi connectivity index (χ4v) is 3.97. The van der Waals surface area contributed by atoms with E-state index in [4.69, 9.17) is 9.47 Å². The average Bonchev–Trinajstić information content (AvgIpc) is 2.86. The van der Waals surface area contributed by atoms with Gasteiger partial charge >= 0.3 is 24.2 Å². The molecule has 0 aromatic heterocycles. The van der Waals surface area contributed by atoms with E-state index in [1.807, 2.05) is 6.92 Å². The molecule has 1 atom stereocenters. The normalized spacial score (nSPS) is 15.7. The van der Waals surface area contributed by atoms with Crippen LogP contribution in [0.1, 0.15) is 37.4 Å². The SMILES string of the molecule is CCCN1C(=O)NC(c2ccc(NC(=O)Nc3ccccc3C(F)(F)F)cc2)C(C(=O)OCCOC)=C1C. The zero-order chi connectivity index (χ0) is 27.9. The molecule has 1 unspecified atom stereocenters. The summed E-state index contributed by atoms with van der Waals surface area (Å²) in [5.74, 6) is -0.601. The van der Waals surface area contributed by atoms with Crippen molar-refractivity contribution in [1.82, 2.24) is 10.2 Å². The number of alkyl halides is 3. The highest BCUT2D eigenvalue weighted by atomic mass is 19.4. The molecule has 204 valence electrons. The zero-order valence-corrected chi connectivity index (χ0v) is 21.1. The van der Waals surface area contributed by atoms with E-state index in [0.717, 1.165) is 12.1 Å². The maximum atomic E-state index is 13.2. The van der Waals surface area contributed by atoms with Crippen LogP contribution in [0.2, 0.25) is 0 Å². The van der Waals surface area contributed by atoms with Gasteiger partial charge in [-0.05, 0) is 43.2 Å². The second-order valence-corrected chi connectivity index (χ2v) is 8.41. The van der Waals surface area contributed by atoms with Gasteiger partial charge in [-0.2, -0.15) is 13.2 Å². The Labute approximate surface area is 218 Å². The molecule has 3 rings (SSSR count). The molecule has 1 heterocycles. The van der Waals surface area contributed by atoms with Gasteiger partial charge in [-0.3, -0.25) is 4.90 Å². The number of amides is 4. The van der Waals surface area contributed by atoms with Crippen molar-refractivity contribution in [2.45, 2.75) is 32.5 Å². The summed E-state index contributed by atoms with van der Waals surface area (Å²) in [5.41, 5.74) is 0.205. The van der Waals surface area contributed by atoms with Gasteiger partial charge < -0.3 is 25.4 Å². The van der Waals surface area contributed by atoms with Crippen LogP contribution in [0.4, 0.5) is 34.1 Å². The summed E-state index contributed by atoms with van der Waals surface area (Å²) >= 11 is 0. The summed E-state index contributed by atoms with van der Waals surface area (Å²) in [6.07, 6.45) is -3.95. The molecular formula is C26H29F3N4O5. The van der Waals surface area contributed by atoms with Crippen molar-refractivity contribution in [3.05, 3.63) is 70.9 Å². The fraction of sp³-hybridized carbons (Fsp3) is 0.346. The van der Waals surface area contributed by atoms with Gasteiger partial charge in [0.25, 0.3) is 0 Å². The number of hydrogen-bond acceptors (Lipinski definition) is 5. The predicted molar refractivity (Wildman–Crippen MR) is 134 cm³/mol. The first-order chi connectivity index (χ1) is 18.1. The number of para-hydroxylation sites is 1. The number of anilines is 2. The molecule has 0 spiro atoms. The summed E-state index contributed by atoms with van der Waals surface area (Å²) in [6, 6.07) is 8.80. The molecule has 4 amide bonds. The Bertz CT molecular complexity index is 1200. The van der Waals surface area contributed by atoms with Crippen LogP contribution in [-0.4, -0.2) is 49.8 Å². The maximum Gasteiger partial charge on any atom is 0.418 e. The summed E-state index contributed by atoms with van der Waals surface area (Å²) in [5, 5.41) is 7.51. The van der Waals surface area contributed by atoms with Crippen LogP contribution in [0, 0.1) is 0 Å².